The molecule has 0 heterocycles. The summed E-state index contributed by atoms with van der Waals surface area (Å²) in [6.07, 6.45) is 0.873. The van der Waals surface area contributed by atoms with Crippen LogP contribution in [0.4, 0.5) is 0 Å². The van der Waals surface area contributed by atoms with Crippen LogP contribution >= 0.6 is 0 Å². The number of benzene rings is 1. The van der Waals surface area contributed by atoms with Crippen molar-refractivity contribution in [3.63, 3.8) is 0 Å². The van der Waals surface area contributed by atoms with Crippen LogP contribution in [0, 0.1) is 5.92 Å². The van der Waals surface area contributed by atoms with Gasteiger partial charge in [-0.15, -0.1) is 0 Å². The zero-order valence-electron chi connectivity index (χ0n) is 8.53. The van der Waals surface area contributed by atoms with Crippen molar-refractivity contribution in [3.05, 3.63) is 35.4 Å². The largest absolute Gasteiger partial charge is 0.469 e. The van der Waals surface area contributed by atoms with E-state index >= 15 is 0 Å². The lowest BCUT2D eigenvalue weighted by Crippen LogP contribution is -2.27. The molecule has 0 spiro atoms. The molecule has 78 valence electrons. The van der Waals surface area contributed by atoms with Gasteiger partial charge in [-0.1, -0.05) is 24.3 Å². The molecule has 3 nitrogen and oxygen atoms in total. The molecule has 0 saturated carbocycles. The fourth-order valence-corrected chi connectivity index (χ4v) is 1.98. The van der Waals surface area contributed by atoms with Crippen molar-refractivity contribution in [2.24, 2.45) is 5.92 Å². The van der Waals surface area contributed by atoms with Gasteiger partial charge in [-0.05, 0) is 12.0 Å². The van der Waals surface area contributed by atoms with E-state index in [0.717, 1.165) is 11.1 Å². The van der Waals surface area contributed by atoms with E-state index in [1.807, 2.05) is 24.3 Å². The Kier molecular flexibility index (Phi) is 2.54. The number of esters is 1. The number of hydrogen-bond donors (Lipinski definition) is 0. The number of ketones is 1. The minimum Gasteiger partial charge on any atom is -0.469 e. The first-order valence-corrected chi connectivity index (χ1v) is 4.91. The van der Waals surface area contributed by atoms with Crippen LogP contribution in [-0.2, 0) is 16.0 Å². The molecule has 0 unspecified atom stereocenters. The van der Waals surface area contributed by atoms with Crippen LogP contribution in [0.2, 0.25) is 0 Å². The Labute approximate surface area is 88.1 Å². The van der Waals surface area contributed by atoms with Crippen LogP contribution < -0.4 is 0 Å². The van der Waals surface area contributed by atoms with Crippen molar-refractivity contribution < 1.29 is 14.3 Å². The number of carbonyl (C=O) groups is 2. The predicted octanol–water partition coefficient (Wildman–Crippen LogP) is 1.60. The molecule has 0 radical (unpaired) electrons. The van der Waals surface area contributed by atoms with Gasteiger partial charge in [-0.2, -0.15) is 0 Å². The molecular formula is C12H12O3. The van der Waals surface area contributed by atoms with Crippen LogP contribution in [0.5, 0.6) is 0 Å². The number of hydrogen-bond acceptors (Lipinski definition) is 3. The summed E-state index contributed by atoms with van der Waals surface area (Å²) in [6, 6.07) is 7.43. The SMILES string of the molecule is COC(=O)[C@H]1CC(=O)c2ccccc2C1. The first-order valence-electron chi connectivity index (χ1n) is 4.91. The quantitative estimate of drug-likeness (QED) is 0.653. The molecule has 1 atom stereocenters. The normalized spacial score (nSPS) is 19.5. The Hall–Kier alpha value is -1.64. The number of carbonyl (C=O) groups excluding carboxylic acids is 2. The second-order valence-electron chi connectivity index (χ2n) is 3.71. The number of methoxy groups -OCH3 is 1. The van der Waals surface area contributed by atoms with Gasteiger partial charge in [0.1, 0.15) is 0 Å². The molecule has 0 saturated heterocycles. The smallest absolute Gasteiger partial charge is 0.309 e. The maximum atomic E-state index is 11.7. The fraction of sp³-hybridized carbons (Fsp3) is 0.333. The van der Waals surface area contributed by atoms with Crippen molar-refractivity contribution in [1.82, 2.24) is 0 Å². The van der Waals surface area contributed by atoms with Gasteiger partial charge in [0.05, 0.1) is 13.0 Å². The highest BCUT2D eigenvalue weighted by Crippen LogP contribution is 2.25. The summed E-state index contributed by atoms with van der Waals surface area (Å²) in [5, 5.41) is 0. The van der Waals surface area contributed by atoms with Gasteiger partial charge in [0, 0.05) is 12.0 Å². The second-order valence-corrected chi connectivity index (χ2v) is 3.71. The standard InChI is InChI=1S/C12H12O3/c1-15-12(14)9-6-8-4-2-3-5-10(8)11(13)7-9/h2-5,9H,6-7H2,1H3/t9-/m1/s1. The van der Waals surface area contributed by atoms with E-state index in [1.165, 1.54) is 7.11 Å². The van der Waals surface area contributed by atoms with Gasteiger partial charge in [-0.3, -0.25) is 9.59 Å². The number of rotatable bonds is 1. The topological polar surface area (TPSA) is 43.4 Å². The summed E-state index contributed by atoms with van der Waals surface area (Å²) in [6.45, 7) is 0. The third-order valence-electron chi connectivity index (χ3n) is 2.75. The first kappa shape index (κ1) is 9.90. The van der Waals surface area contributed by atoms with Gasteiger partial charge in [0.25, 0.3) is 0 Å². The van der Waals surface area contributed by atoms with Gasteiger partial charge in [0.2, 0.25) is 0 Å². The summed E-state index contributed by atoms with van der Waals surface area (Å²) in [5.74, 6) is -0.567. The Morgan fingerprint density at radius 2 is 2.07 bits per heavy atom. The molecule has 0 amide bonds. The average Bonchev–Trinajstić information content (AvgIpc) is 2.28. The van der Waals surface area contributed by atoms with Crippen molar-refractivity contribution >= 4 is 11.8 Å². The summed E-state index contributed by atoms with van der Waals surface area (Å²) in [4.78, 5) is 23.1. The maximum Gasteiger partial charge on any atom is 0.309 e. The van der Waals surface area contributed by atoms with Crippen LogP contribution in [0.3, 0.4) is 0 Å². The van der Waals surface area contributed by atoms with E-state index in [-0.39, 0.29) is 24.1 Å². The monoisotopic (exact) mass is 204 g/mol. The van der Waals surface area contributed by atoms with Crippen LogP contribution in [-0.4, -0.2) is 18.9 Å². The lowest BCUT2D eigenvalue weighted by molar-refractivity contribution is -0.145. The molecule has 15 heavy (non-hydrogen) atoms. The number of ether oxygens (including phenoxy) is 1. The third-order valence-corrected chi connectivity index (χ3v) is 2.75. The number of fused-ring (bicyclic) bond motifs is 1. The molecule has 0 bridgehead atoms. The minimum absolute atomic E-state index is 0.0345. The van der Waals surface area contributed by atoms with E-state index in [2.05, 4.69) is 4.74 Å². The molecule has 2 rings (SSSR count). The van der Waals surface area contributed by atoms with E-state index in [9.17, 15) is 9.59 Å². The zero-order valence-corrected chi connectivity index (χ0v) is 8.53. The summed E-state index contributed by atoms with van der Waals surface area (Å²) in [7, 11) is 1.35. The van der Waals surface area contributed by atoms with Gasteiger partial charge in [-0.25, -0.2) is 0 Å². The molecule has 1 aromatic rings. The lowest BCUT2D eigenvalue weighted by Gasteiger charge is -2.21. The highest BCUT2D eigenvalue weighted by Gasteiger charge is 2.29. The molecule has 0 N–H and O–H groups in total. The molecule has 0 fully saturated rings. The molecule has 3 heteroatoms. The average molecular weight is 204 g/mol. The molecule has 0 aliphatic heterocycles. The Bertz CT molecular complexity index is 409. The molecule has 1 aliphatic carbocycles. The summed E-state index contributed by atoms with van der Waals surface area (Å²) >= 11 is 0. The maximum absolute atomic E-state index is 11.7. The van der Waals surface area contributed by atoms with Crippen molar-refractivity contribution in [2.45, 2.75) is 12.8 Å². The summed E-state index contributed by atoms with van der Waals surface area (Å²) in [5.41, 5.74) is 1.70. The molecule has 1 aliphatic rings. The van der Waals surface area contributed by atoms with Gasteiger partial charge < -0.3 is 4.74 Å². The van der Waals surface area contributed by atoms with Crippen molar-refractivity contribution in [3.8, 4) is 0 Å². The number of Topliss-reactive ketones (excluding diaryl/α,β-unsaturated/α-hetero) is 1. The minimum atomic E-state index is -0.308. The van der Waals surface area contributed by atoms with Crippen molar-refractivity contribution in [2.75, 3.05) is 7.11 Å². The van der Waals surface area contributed by atoms with E-state index in [0.29, 0.717) is 6.42 Å². The Balaban J connectivity index is 2.30. The second kappa shape index (κ2) is 3.85. The van der Waals surface area contributed by atoms with Gasteiger partial charge in [0.15, 0.2) is 5.78 Å². The molecule has 1 aromatic carbocycles. The van der Waals surface area contributed by atoms with Gasteiger partial charge >= 0.3 is 5.97 Å². The Morgan fingerprint density at radius 3 is 2.80 bits per heavy atom. The third kappa shape index (κ3) is 1.77. The lowest BCUT2D eigenvalue weighted by atomic mass is 9.83. The highest BCUT2D eigenvalue weighted by molar-refractivity contribution is 6.01. The first-order chi connectivity index (χ1) is 7.22. The summed E-state index contributed by atoms with van der Waals surface area (Å²) < 4.78 is 4.66. The van der Waals surface area contributed by atoms with Crippen LogP contribution in [0.15, 0.2) is 24.3 Å². The van der Waals surface area contributed by atoms with Crippen molar-refractivity contribution in [1.29, 1.82) is 0 Å². The fourth-order valence-electron chi connectivity index (χ4n) is 1.98. The van der Waals surface area contributed by atoms with Crippen LogP contribution in [0.1, 0.15) is 22.3 Å². The Morgan fingerprint density at radius 1 is 1.33 bits per heavy atom. The van der Waals surface area contributed by atoms with Crippen LogP contribution in [0.25, 0.3) is 0 Å². The highest BCUT2D eigenvalue weighted by atomic mass is 16.5. The van der Waals surface area contributed by atoms with E-state index in [4.69, 9.17) is 0 Å². The van der Waals surface area contributed by atoms with E-state index < -0.39 is 0 Å². The zero-order chi connectivity index (χ0) is 10.8. The molecular weight excluding hydrogens is 192 g/mol. The van der Waals surface area contributed by atoms with E-state index in [1.54, 1.807) is 0 Å². The molecule has 0 aromatic heterocycles. The predicted molar refractivity (Wildman–Crippen MR) is 54.6 cm³/mol.